The topological polar surface area (TPSA) is 46.5 Å². The predicted molar refractivity (Wildman–Crippen MR) is 83.9 cm³/mol. The largest absolute Gasteiger partial charge is 0.466 e. The van der Waals surface area contributed by atoms with Crippen molar-refractivity contribution in [3.8, 4) is 0 Å². The minimum atomic E-state index is -0.825. The van der Waals surface area contributed by atoms with Gasteiger partial charge in [-0.05, 0) is 35.7 Å². The van der Waals surface area contributed by atoms with Crippen molar-refractivity contribution in [1.82, 2.24) is 0 Å². The Morgan fingerprint density at radius 2 is 1.86 bits per heavy atom. The van der Waals surface area contributed by atoms with Crippen molar-refractivity contribution in [3.05, 3.63) is 48.0 Å². The molecule has 0 spiro atoms. The lowest BCUT2D eigenvalue weighted by Gasteiger charge is -2.21. The predicted octanol–water partition coefficient (Wildman–Crippen LogP) is 3.85. The zero-order chi connectivity index (χ0) is 15.2. The van der Waals surface area contributed by atoms with Gasteiger partial charge in [-0.25, -0.2) is 0 Å². The molecule has 112 valence electrons. The molecule has 0 aliphatic carbocycles. The maximum atomic E-state index is 12.0. The van der Waals surface area contributed by atoms with Crippen LogP contribution in [0.1, 0.15) is 38.4 Å². The van der Waals surface area contributed by atoms with Crippen molar-refractivity contribution >= 4 is 16.7 Å². The second-order valence-electron chi connectivity index (χ2n) is 5.20. The molecule has 3 nitrogen and oxygen atoms in total. The summed E-state index contributed by atoms with van der Waals surface area (Å²) in [6, 6.07) is 13.8. The van der Waals surface area contributed by atoms with Crippen LogP contribution in [-0.4, -0.2) is 17.7 Å². The fourth-order valence-electron chi connectivity index (χ4n) is 2.59. The van der Waals surface area contributed by atoms with Gasteiger partial charge >= 0.3 is 5.97 Å². The van der Waals surface area contributed by atoms with Crippen molar-refractivity contribution < 1.29 is 14.6 Å². The molecule has 21 heavy (non-hydrogen) atoms. The number of aliphatic hydroxyl groups excluding tert-OH is 1. The number of hydrogen-bond acceptors (Lipinski definition) is 3. The fraction of sp³-hybridized carbons (Fsp3) is 0.389. The minimum absolute atomic E-state index is 0.319. The molecule has 3 heteroatoms. The first kappa shape index (κ1) is 15.5. The molecule has 0 fully saturated rings. The van der Waals surface area contributed by atoms with E-state index in [9.17, 15) is 9.90 Å². The fourth-order valence-corrected chi connectivity index (χ4v) is 2.59. The molecule has 0 aliphatic rings. The van der Waals surface area contributed by atoms with Gasteiger partial charge in [0.05, 0.1) is 18.6 Å². The van der Waals surface area contributed by atoms with Crippen molar-refractivity contribution in [1.29, 1.82) is 0 Å². The average Bonchev–Trinajstić information content (AvgIpc) is 2.51. The zero-order valence-electron chi connectivity index (χ0n) is 12.6. The third-order valence-corrected chi connectivity index (χ3v) is 3.69. The highest BCUT2D eigenvalue weighted by atomic mass is 16.5. The summed E-state index contributed by atoms with van der Waals surface area (Å²) in [5, 5.41) is 12.8. The number of ether oxygens (including phenoxy) is 1. The van der Waals surface area contributed by atoms with Gasteiger partial charge in [-0.1, -0.05) is 49.7 Å². The van der Waals surface area contributed by atoms with Gasteiger partial charge in [-0.2, -0.15) is 0 Å². The Hall–Kier alpha value is -1.87. The average molecular weight is 286 g/mol. The van der Waals surface area contributed by atoms with Crippen molar-refractivity contribution in [3.63, 3.8) is 0 Å². The molecule has 0 aliphatic heterocycles. The Bertz CT molecular complexity index is 606. The summed E-state index contributed by atoms with van der Waals surface area (Å²) in [6.45, 7) is 4.12. The van der Waals surface area contributed by atoms with E-state index in [-0.39, 0.29) is 5.97 Å². The van der Waals surface area contributed by atoms with E-state index in [0.717, 1.165) is 22.8 Å². The number of hydrogen-bond donors (Lipinski definition) is 1. The van der Waals surface area contributed by atoms with Gasteiger partial charge in [-0.15, -0.1) is 0 Å². The Balaban J connectivity index is 2.28. The molecule has 0 aromatic heterocycles. The molecule has 2 aromatic rings. The number of aliphatic hydroxyl groups is 1. The van der Waals surface area contributed by atoms with Crippen LogP contribution < -0.4 is 0 Å². The van der Waals surface area contributed by atoms with Gasteiger partial charge < -0.3 is 9.84 Å². The smallest absolute Gasteiger partial charge is 0.311 e. The van der Waals surface area contributed by atoms with Crippen LogP contribution in [0.3, 0.4) is 0 Å². The van der Waals surface area contributed by atoms with Gasteiger partial charge in [0.1, 0.15) is 0 Å². The molecule has 0 radical (unpaired) electrons. The number of carbonyl (C=O) groups excluding carboxylic acids is 1. The van der Waals surface area contributed by atoms with Crippen LogP contribution >= 0.6 is 0 Å². The third-order valence-electron chi connectivity index (χ3n) is 3.69. The standard InChI is InChI=1S/C18H22O3/c1-3-7-16(18(20)21-4-2)17(19)15-11-10-13-8-5-6-9-14(13)12-15/h5-6,8-12,16-17,19H,3-4,7H2,1-2H3. The van der Waals surface area contributed by atoms with Crippen LogP contribution in [0.25, 0.3) is 10.8 Å². The molecular weight excluding hydrogens is 264 g/mol. The van der Waals surface area contributed by atoms with Crippen LogP contribution in [0.5, 0.6) is 0 Å². The molecule has 1 N–H and O–H groups in total. The van der Waals surface area contributed by atoms with Crippen LogP contribution in [0.15, 0.2) is 42.5 Å². The second-order valence-corrected chi connectivity index (χ2v) is 5.20. The first-order valence-corrected chi connectivity index (χ1v) is 7.50. The molecular formula is C18H22O3. The van der Waals surface area contributed by atoms with E-state index in [2.05, 4.69) is 0 Å². The highest BCUT2D eigenvalue weighted by molar-refractivity contribution is 5.83. The Kier molecular flexibility index (Phi) is 5.34. The monoisotopic (exact) mass is 286 g/mol. The molecule has 0 saturated heterocycles. The highest BCUT2D eigenvalue weighted by Gasteiger charge is 2.28. The first-order valence-electron chi connectivity index (χ1n) is 7.50. The van der Waals surface area contributed by atoms with Crippen LogP contribution in [0.4, 0.5) is 0 Å². The number of carbonyl (C=O) groups is 1. The normalized spacial score (nSPS) is 13.9. The maximum Gasteiger partial charge on any atom is 0.311 e. The van der Waals surface area contributed by atoms with E-state index in [1.807, 2.05) is 49.4 Å². The zero-order valence-corrected chi connectivity index (χ0v) is 12.6. The lowest BCUT2D eigenvalue weighted by atomic mass is 9.91. The van der Waals surface area contributed by atoms with Gasteiger partial charge in [0.15, 0.2) is 0 Å². The molecule has 2 unspecified atom stereocenters. The molecule has 0 bridgehead atoms. The summed E-state index contributed by atoms with van der Waals surface area (Å²) >= 11 is 0. The maximum absolute atomic E-state index is 12.0. The summed E-state index contributed by atoms with van der Waals surface area (Å²) < 4.78 is 5.09. The third kappa shape index (κ3) is 3.61. The quantitative estimate of drug-likeness (QED) is 0.820. The van der Waals surface area contributed by atoms with Gasteiger partial charge in [0.2, 0.25) is 0 Å². The second kappa shape index (κ2) is 7.23. The minimum Gasteiger partial charge on any atom is -0.466 e. The number of esters is 1. The van der Waals surface area contributed by atoms with Gasteiger partial charge in [0, 0.05) is 0 Å². The molecule has 0 amide bonds. The SMILES string of the molecule is CCCC(C(=O)OCC)C(O)c1ccc2ccccc2c1. The number of benzene rings is 2. The summed E-state index contributed by atoms with van der Waals surface area (Å²) in [6.07, 6.45) is 0.620. The lowest BCUT2D eigenvalue weighted by Crippen LogP contribution is -2.24. The summed E-state index contributed by atoms with van der Waals surface area (Å²) in [5.74, 6) is -0.823. The molecule has 2 atom stereocenters. The Morgan fingerprint density at radius 1 is 1.14 bits per heavy atom. The number of rotatable bonds is 6. The number of fused-ring (bicyclic) bond motifs is 1. The van der Waals surface area contributed by atoms with E-state index in [0.29, 0.717) is 13.0 Å². The van der Waals surface area contributed by atoms with Crippen LogP contribution in [-0.2, 0) is 9.53 Å². The lowest BCUT2D eigenvalue weighted by molar-refractivity contribution is -0.152. The van der Waals surface area contributed by atoms with E-state index in [1.165, 1.54) is 0 Å². The molecule has 0 heterocycles. The highest BCUT2D eigenvalue weighted by Crippen LogP contribution is 2.29. The summed E-state index contributed by atoms with van der Waals surface area (Å²) in [7, 11) is 0. The molecule has 0 saturated carbocycles. The Labute approximate surface area is 125 Å². The van der Waals surface area contributed by atoms with Crippen molar-refractivity contribution in [2.75, 3.05) is 6.61 Å². The van der Waals surface area contributed by atoms with E-state index >= 15 is 0 Å². The van der Waals surface area contributed by atoms with Crippen LogP contribution in [0.2, 0.25) is 0 Å². The van der Waals surface area contributed by atoms with Crippen molar-refractivity contribution in [2.45, 2.75) is 32.8 Å². The van der Waals surface area contributed by atoms with Crippen molar-refractivity contribution in [2.24, 2.45) is 5.92 Å². The summed E-state index contributed by atoms with van der Waals surface area (Å²) in [4.78, 5) is 12.0. The molecule has 2 rings (SSSR count). The first-order chi connectivity index (χ1) is 10.2. The molecule has 2 aromatic carbocycles. The van der Waals surface area contributed by atoms with E-state index in [4.69, 9.17) is 4.74 Å². The van der Waals surface area contributed by atoms with Gasteiger partial charge in [0.25, 0.3) is 0 Å². The summed E-state index contributed by atoms with van der Waals surface area (Å²) in [5.41, 5.74) is 0.764. The van der Waals surface area contributed by atoms with E-state index < -0.39 is 12.0 Å². The van der Waals surface area contributed by atoms with Crippen LogP contribution in [0, 0.1) is 5.92 Å². The van der Waals surface area contributed by atoms with Gasteiger partial charge in [-0.3, -0.25) is 4.79 Å². The Morgan fingerprint density at radius 3 is 2.52 bits per heavy atom. The van der Waals surface area contributed by atoms with E-state index in [1.54, 1.807) is 6.92 Å².